The molecule has 0 unspecified atom stereocenters. The lowest BCUT2D eigenvalue weighted by molar-refractivity contribution is -0.136. The van der Waals surface area contributed by atoms with Gasteiger partial charge in [0.2, 0.25) is 5.91 Å². The molecule has 6 nitrogen and oxygen atoms in total. The topological polar surface area (TPSA) is 66.7 Å². The molecule has 2 saturated heterocycles. The van der Waals surface area contributed by atoms with Crippen LogP contribution in [0.25, 0.3) is 0 Å². The van der Waals surface area contributed by atoms with Gasteiger partial charge in [-0.05, 0) is 37.3 Å². The van der Waals surface area contributed by atoms with Crippen molar-refractivity contribution in [3.05, 3.63) is 40.7 Å². The number of thiazole rings is 1. The number of amides is 2. The highest BCUT2D eigenvalue weighted by molar-refractivity contribution is 7.09. The molecule has 3 fully saturated rings. The third kappa shape index (κ3) is 2.48. The van der Waals surface area contributed by atoms with Gasteiger partial charge in [0.05, 0.1) is 16.7 Å². The first kappa shape index (κ1) is 16.1. The summed E-state index contributed by atoms with van der Waals surface area (Å²) in [6.45, 7) is 2.64. The van der Waals surface area contributed by atoms with E-state index < -0.39 is 5.41 Å². The van der Waals surface area contributed by atoms with Crippen LogP contribution in [0.3, 0.4) is 0 Å². The Kier molecular flexibility index (Phi) is 3.67. The smallest absolute Gasteiger partial charge is 0.289 e. The first-order valence-corrected chi connectivity index (χ1v) is 10.1. The van der Waals surface area contributed by atoms with Crippen molar-refractivity contribution in [1.29, 1.82) is 0 Å². The van der Waals surface area contributed by atoms with Crippen LogP contribution in [0.2, 0.25) is 0 Å². The summed E-state index contributed by atoms with van der Waals surface area (Å²) in [5.41, 5.74) is -0.533. The molecule has 2 amide bonds. The maximum absolute atomic E-state index is 13.4. The van der Waals surface area contributed by atoms with Gasteiger partial charge in [-0.3, -0.25) is 9.59 Å². The zero-order chi connectivity index (χ0) is 17.7. The molecule has 0 aromatic carbocycles. The van der Waals surface area contributed by atoms with Crippen molar-refractivity contribution in [2.24, 2.45) is 11.3 Å². The van der Waals surface area contributed by atoms with Gasteiger partial charge in [-0.25, -0.2) is 4.98 Å². The molecule has 5 rings (SSSR count). The highest BCUT2D eigenvalue weighted by atomic mass is 32.1. The number of carbonyl (C=O) groups excluding carboxylic acids is 2. The molecule has 0 radical (unpaired) electrons. The van der Waals surface area contributed by atoms with E-state index in [-0.39, 0.29) is 17.7 Å². The molecule has 2 aliphatic heterocycles. The van der Waals surface area contributed by atoms with E-state index in [0.29, 0.717) is 24.8 Å². The molecular formula is C19H21N3O3S. The molecule has 7 heteroatoms. The summed E-state index contributed by atoms with van der Waals surface area (Å²) in [7, 11) is 0. The second kappa shape index (κ2) is 5.94. The number of nitrogens with zero attached hydrogens (tertiary/aromatic N) is 3. The Hall–Kier alpha value is -2.15. The molecule has 2 aromatic heterocycles. The highest BCUT2D eigenvalue weighted by Gasteiger charge is 2.59. The lowest BCUT2D eigenvalue weighted by Gasteiger charge is -2.27. The zero-order valence-corrected chi connectivity index (χ0v) is 15.3. The van der Waals surface area contributed by atoms with E-state index in [1.165, 1.54) is 19.1 Å². The van der Waals surface area contributed by atoms with Gasteiger partial charge in [0.1, 0.15) is 0 Å². The molecular weight excluding hydrogens is 350 g/mol. The molecule has 0 N–H and O–H groups in total. The van der Waals surface area contributed by atoms with Crippen LogP contribution in [0.1, 0.15) is 40.7 Å². The van der Waals surface area contributed by atoms with Crippen LogP contribution in [-0.4, -0.2) is 52.8 Å². The third-order valence-electron chi connectivity index (χ3n) is 6.03. The molecule has 2 aromatic rings. The minimum Gasteiger partial charge on any atom is -0.459 e. The maximum atomic E-state index is 13.4. The zero-order valence-electron chi connectivity index (χ0n) is 14.5. The van der Waals surface area contributed by atoms with Crippen LogP contribution in [0.4, 0.5) is 0 Å². The van der Waals surface area contributed by atoms with Gasteiger partial charge in [-0.15, -0.1) is 11.3 Å². The normalized spacial score (nSPS) is 28.5. The first-order chi connectivity index (χ1) is 12.7. The van der Waals surface area contributed by atoms with E-state index in [1.807, 2.05) is 10.3 Å². The van der Waals surface area contributed by atoms with Crippen molar-refractivity contribution < 1.29 is 14.0 Å². The summed E-state index contributed by atoms with van der Waals surface area (Å²) < 4.78 is 5.29. The Morgan fingerprint density at radius 2 is 2.31 bits per heavy atom. The number of carbonyl (C=O) groups is 2. The minimum atomic E-state index is -0.533. The molecule has 3 aliphatic rings. The summed E-state index contributed by atoms with van der Waals surface area (Å²) in [6, 6.07) is 3.40. The Morgan fingerprint density at radius 1 is 1.42 bits per heavy atom. The predicted octanol–water partition coefficient (Wildman–Crippen LogP) is 2.60. The molecule has 26 heavy (non-hydrogen) atoms. The van der Waals surface area contributed by atoms with Crippen molar-refractivity contribution in [2.75, 3.05) is 26.2 Å². The van der Waals surface area contributed by atoms with E-state index >= 15 is 0 Å². The van der Waals surface area contributed by atoms with Crippen molar-refractivity contribution in [2.45, 2.75) is 25.2 Å². The fraction of sp³-hybridized carbons (Fsp3) is 0.526. The van der Waals surface area contributed by atoms with Crippen LogP contribution < -0.4 is 0 Å². The van der Waals surface area contributed by atoms with Crippen LogP contribution in [0.5, 0.6) is 0 Å². The summed E-state index contributed by atoms with van der Waals surface area (Å²) in [5, 5.41) is 2.91. The largest absolute Gasteiger partial charge is 0.459 e. The fourth-order valence-electron chi connectivity index (χ4n) is 4.46. The highest BCUT2D eigenvalue weighted by Crippen LogP contribution is 2.51. The van der Waals surface area contributed by atoms with Crippen molar-refractivity contribution in [3.8, 4) is 0 Å². The fourth-order valence-corrected chi connectivity index (χ4v) is 5.30. The second-order valence-corrected chi connectivity index (χ2v) is 8.61. The number of hydrogen-bond donors (Lipinski definition) is 0. The van der Waals surface area contributed by atoms with E-state index in [2.05, 4.69) is 4.98 Å². The quantitative estimate of drug-likeness (QED) is 0.829. The Bertz CT molecular complexity index is 815. The van der Waals surface area contributed by atoms with Gasteiger partial charge in [0.25, 0.3) is 5.91 Å². The lowest BCUT2D eigenvalue weighted by Crippen LogP contribution is -2.40. The van der Waals surface area contributed by atoms with Gasteiger partial charge in [0, 0.05) is 43.7 Å². The second-order valence-electron chi connectivity index (χ2n) is 7.69. The molecule has 1 aliphatic carbocycles. The lowest BCUT2D eigenvalue weighted by atomic mass is 9.77. The number of rotatable bonds is 4. The summed E-state index contributed by atoms with van der Waals surface area (Å²) in [4.78, 5) is 34.5. The van der Waals surface area contributed by atoms with Crippen molar-refractivity contribution >= 4 is 23.2 Å². The average Bonchev–Trinajstić information content (AvgIpc) is 3.13. The summed E-state index contributed by atoms with van der Waals surface area (Å²) in [6.07, 6.45) is 6.55. The van der Waals surface area contributed by atoms with Crippen molar-refractivity contribution in [1.82, 2.24) is 14.8 Å². The van der Waals surface area contributed by atoms with Crippen LogP contribution >= 0.6 is 11.3 Å². The monoisotopic (exact) mass is 371 g/mol. The first-order valence-electron chi connectivity index (χ1n) is 9.19. The number of aromatic nitrogens is 1. The standard InChI is InChI=1S/C19H21N3O3S/c23-17(15-2-1-8-25-15)22-11-14(16-20-6-9-26-16)19(12-22)5-7-21(18(19)24)10-13-3-4-13/h1-2,6,8-9,13-14H,3-5,7,10-12H2/t14-,19+/m1/s1. The number of hydrogen-bond acceptors (Lipinski definition) is 5. The maximum Gasteiger partial charge on any atom is 0.289 e. The number of likely N-dealkylation sites (tertiary alicyclic amines) is 2. The Labute approximate surface area is 155 Å². The number of furan rings is 1. The summed E-state index contributed by atoms with van der Waals surface area (Å²) >= 11 is 1.58. The van der Waals surface area contributed by atoms with E-state index in [4.69, 9.17) is 4.42 Å². The van der Waals surface area contributed by atoms with Crippen LogP contribution in [0, 0.1) is 11.3 Å². The minimum absolute atomic E-state index is 0.0295. The molecule has 4 heterocycles. The SMILES string of the molecule is O=C(c1ccco1)N1C[C@H](c2nccs2)[C@]2(CCN(CC3CC3)C2=O)C1. The Balaban J connectivity index is 1.46. The van der Waals surface area contributed by atoms with E-state index in [0.717, 1.165) is 24.5 Å². The van der Waals surface area contributed by atoms with Gasteiger partial charge in [0.15, 0.2) is 5.76 Å². The van der Waals surface area contributed by atoms with Crippen LogP contribution in [-0.2, 0) is 4.79 Å². The summed E-state index contributed by atoms with van der Waals surface area (Å²) in [5.74, 6) is 1.05. The van der Waals surface area contributed by atoms with Gasteiger partial charge in [-0.1, -0.05) is 0 Å². The average molecular weight is 371 g/mol. The predicted molar refractivity (Wildman–Crippen MR) is 95.8 cm³/mol. The molecule has 1 saturated carbocycles. The molecule has 0 bridgehead atoms. The van der Waals surface area contributed by atoms with Gasteiger partial charge < -0.3 is 14.2 Å². The van der Waals surface area contributed by atoms with E-state index in [9.17, 15) is 9.59 Å². The van der Waals surface area contributed by atoms with Gasteiger partial charge in [-0.2, -0.15) is 0 Å². The Morgan fingerprint density at radius 3 is 3.00 bits per heavy atom. The third-order valence-corrected chi connectivity index (χ3v) is 6.92. The van der Waals surface area contributed by atoms with Crippen molar-refractivity contribution in [3.63, 3.8) is 0 Å². The molecule has 2 atom stereocenters. The molecule has 136 valence electrons. The van der Waals surface area contributed by atoms with Crippen LogP contribution in [0.15, 0.2) is 34.4 Å². The molecule has 1 spiro atoms. The van der Waals surface area contributed by atoms with Gasteiger partial charge >= 0.3 is 0 Å². The van der Waals surface area contributed by atoms with E-state index in [1.54, 1.807) is 34.6 Å².